The molecule has 0 saturated carbocycles. The average molecular weight is 479 g/mol. The molecular formula is C29H39FN4O. The number of halogens is 1. The van der Waals surface area contributed by atoms with E-state index < -0.39 is 0 Å². The number of nitrogens with one attached hydrogen (secondary N) is 2. The van der Waals surface area contributed by atoms with Crippen molar-refractivity contribution in [1.82, 2.24) is 15.1 Å². The Morgan fingerprint density at radius 3 is 2.23 bits per heavy atom. The van der Waals surface area contributed by atoms with E-state index in [4.69, 9.17) is 5.10 Å². The minimum absolute atomic E-state index is 0.0489. The Labute approximate surface area is 209 Å². The molecule has 3 aromatic rings. The fourth-order valence-corrected chi connectivity index (χ4v) is 4.65. The van der Waals surface area contributed by atoms with Gasteiger partial charge in [0.1, 0.15) is 17.2 Å². The number of amides is 1. The molecule has 0 unspecified atom stereocenters. The summed E-state index contributed by atoms with van der Waals surface area (Å²) in [5.41, 5.74) is 3.45. The number of aryl methyl sites for hydroxylation is 2. The van der Waals surface area contributed by atoms with E-state index in [2.05, 4.69) is 69.5 Å². The molecule has 188 valence electrons. The van der Waals surface area contributed by atoms with Crippen LogP contribution in [-0.4, -0.2) is 22.2 Å². The van der Waals surface area contributed by atoms with E-state index in [9.17, 15) is 9.18 Å². The zero-order valence-corrected chi connectivity index (χ0v) is 21.9. The van der Waals surface area contributed by atoms with Crippen LogP contribution in [0.2, 0.25) is 0 Å². The number of rotatable bonds is 6. The van der Waals surface area contributed by atoms with Crippen molar-refractivity contribution in [3.63, 3.8) is 0 Å². The molecule has 6 heteroatoms. The quantitative estimate of drug-likeness (QED) is 0.421. The largest absolute Gasteiger partial charge is 0.369 e. The normalized spacial score (nSPS) is 14.3. The van der Waals surface area contributed by atoms with Crippen LogP contribution in [0.3, 0.4) is 0 Å². The molecule has 0 aliphatic carbocycles. The van der Waals surface area contributed by atoms with Crippen molar-refractivity contribution < 1.29 is 9.18 Å². The third-order valence-electron chi connectivity index (χ3n) is 7.10. The lowest BCUT2D eigenvalue weighted by Crippen LogP contribution is -2.45. The molecule has 2 N–H and O–H groups in total. The topological polar surface area (TPSA) is 59.0 Å². The molecule has 2 aromatic carbocycles. The van der Waals surface area contributed by atoms with Gasteiger partial charge in [0.2, 0.25) is 0 Å². The molecule has 2 heterocycles. The monoisotopic (exact) mass is 478 g/mol. The van der Waals surface area contributed by atoms with Crippen LogP contribution in [0, 0.1) is 12.7 Å². The van der Waals surface area contributed by atoms with E-state index in [1.54, 1.807) is 18.2 Å². The Morgan fingerprint density at radius 1 is 1.09 bits per heavy atom. The number of hydrogen-bond acceptors (Lipinski definition) is 3. The van der Waals surface area contributed by atoms with Gasteiger partial charge in [-0.25, -0.2) is 9.07 Å². The highest BCUT2D eigenvalue weighted by molar-refractivity contribution is 6.00. The van der Waals surface area contributed by atoms with E-state index in [0.717, 1.165) is 49.3 Å². The van der Waals surface area contributed by atoms with Gasteiger partial charge >= 0.3 is 0 Å². The molecule has 1 aliphatic heterocycles. The van der Waals surface area contributed by atoms with Gasteiger partial charge in [-0.1, -0.05) is 63.2 Å². The predicted molar refractivity (Wildman–Crippen MR) is 141 cm³/mol. The number of aromatic nitrogens is 2. The van der Waals surface area contributed by atoms with Crippen molar-refractivity contribution in [2.45, 2.75) is 78.3 Å². The van der Waals surface area contributed by atoms with Crippen molar-refractivity contribution in [3.8, 4) is 0 Å². The number of anilines is 1. The lowest BCUT2D eigenvalue weighted by Gasteiger charge is -2.35. The minimum Gasteiger partial charge on any atom is -0.369 e. The highest BCUT2D eigenvalue weighted by Gasteiger charge is 2.36. The van der Waals surface area contributed by atoms with Crippen LogP contribution < -0.4 is 10.6 Å². The van der Waals surface area contributed by atoms with E-state index in [-0.39, 0.29) is 22.8 Å². The number of hydrogen-bond donors (Lipinski definition) is 2. The summed E-state index contributed by atoms with van der Waals surface area (Å²) >= 11 is 0. The van der Waals surface area contributed by atoms with Gasteiger partial charge in [-0.3, -0.25) is 4.79 Å². The lowest BCUT2D eigenvalue weighted by molar-refractivity contribution is 0.0889. The predicted octanol–water partition coefficient (Wildman–Crippen LogP) is 6.58. The first-order valence-electron chi connectivity index (χ1n) is 12.6. The Hall–Kier alpha value is -3.15. The van der Waals surface area contributed by atoms with Gasteiger partial charge in [0, 0.05) is 6.54 Å². The molecule has 1 amide bonds. The number of nitrogens with zero attached hydrogens (tertiary/aromatic N) is 2. The van der Waals surface area contributed by atoms with Gasteiger partial charge in [0.15, 0.2) is 0 Å². The summed E-state index contributed by atoms with van der Waals surface area (Å²) in [5, 5.41) is 11.5. The maximum Gasteiger partial charge on any atom is 0.257 e. The first kappa shape index (κ1) is 26.5. The molecule has 1 aromatic heterocycles. The van der Waals surface area contributed by atoms with Crippen LogP contribution in [-0.2, 0) is 17.5 Å². The van der Waals surface area contributed by atoms with E-state index in [0.29, 0.717) is 5.56 Å². The summed E-state index contributed by atoms with van der Waals surface area (Å²) in [6.07, 6.45) is 3.67. The maximum atomic E-state index is 13.4. The molecule has 0 fully saturated rings. The highest BCUT2D eigenvalue weighted by Crippen LogP contribution is 2.34. The van der Waals surface area contributed by atoms with Crippen LogP contribution >= 0.6 is 0 Å². The number of fused-ring (bicyclic) bond motifs is 1. The second kappa shape index (κ2) is 11.1. The molecule has 4 rings (SSSR count). The van der Waals surface area contributed by atoms with Crippen LogP contribution in [0.25, 0.3) is 0 Å². The SMILES string of the molecule is CCc1ccc(C(CC)(CC)NC(=O)c2c(C)nn3c2NCCC3(C)C)cc1.Fc1ccccc1. The standard InChI is InChI=1S/C23H34N4O.C6H5F/c1-7-17-10-12-18(13-11-17)23(8-2,9-3)25-21(28)19-16(4)26-27-20(19)24-15-14-22(27,5)6;7-6-4-2-1-3-5-6/h10-13,24H,7-9,14-15H2,1-6H3,(H,25,28);1-5H. The van der Waals surface area contributed by atoms with Gasteiger partial charge in [-0.15, -0.1) is 0 Å². The summed E-state index contributed by atoms with van der Waals surface area (Å²) < 4.78 is 13.9. The molecular weight excluding hydrogens is 439 g/mol. The van der Waals surface area contributed by atoms with Gasteiger partial charge in [0.25, 0.3) is 5.91 Å². The molecule has 0 atom stereocenters. The lowest BCUT2D eigenvalue weighted by atomic mass is 9.83. The zero-order valence-electron chi connectivity index (χ0n) is 21.9. The van der Waals surface area contributed by atoms with Crippen LogP contribution in [0.1, 0.15) is 81.1 Å². The van der Waals surface area contributed by atoms with Gasteiger partial charge in [0.05, 0.1) is 16.8 Å². The molecule has 1 aliphatic rings. The molecule has 0 bridgehead atoms. The molecule has 0 saturated heterocycles. The zero-order chi connectivity index (χ0) is 25.6. The number of carbonyl (C=O) groups is 1. The molecule has 0 radical (unpaired) electrons. The summed E-state index contributed by atoms with van der Waals surface area (Å²) in [5.74, 6) is 0.614. The van der Waals surface area contributed by atoms with Crippen LogP contribution in [0.4, 0.5) is 10.2 Å². The van der Waals surface area contributed by atoms with Crippen molar-refractivity contribution in [3.05, 3.63) is 82.8 Å². The summed E-state index contributed by atoms with van der Waals surface area (Å²) in [6, 6.07) is 16.6. The van der Waals surface area contributed by atoms with Crippen molar-refractivity contribution in [2.75, 3.05) is 11.9 Å². The van der Waals surface area contributed by atoms with Crippen molar-refractivity contribution in [2.24, 2.45) is 0 Å². The maximum absolute atomic E-state index is 13.4. The fourth-order valence-electron chi connectivity index (χ4n) is 4.65. The average Bonchev–Trinajstić information content (AvgIpc) is 3.21. The van der Waals surface area contributed by atoms with Crippen molar-refractivity contribution in [1.29, 1.82) is 0 Å². The Balaban J connectivity index is 0.000000420. The summed E-state index contributed by atoms with van der Waals surface area (Å²) in [4.78, 5) is 13.4. The Morgan fingerprint density at radius 2 is 1.71 bits per heavy atom. The summed E-state index contributed by atoms with van der Waals surface area (Å²) in [6.45, 7) is 13.5. The first-order valence-corrected chi connectivity index (χ1v) is 12.6. The van der Waals surface area contributed by atoms with Gasteiger partial charge < -0.3 is 10.6 Å². The number of carbonyl (C=O) groups excluding carboxylic acids is 1. The first-order chi connectivity index (χ1) is 16.7. The molecule has 35 heavy (non-hydrogen) atoms. The smallest absolute Gasteiger partial charge is 0.257 e. The summed E-state index contributed by atoms with van der Waals surface area (Å²) in [7, 11) is 0. The Bertz CT molecular complexity index is 1120. The second-order valence-corrected chi connectivity index (χ2v) is 9.80. The molecule has 5 nitrogen and oxygen atoms in total. The number of benzene rings is 2. The van der Waals surface area contributed by atoms with Crippen LogP contribution in [0.15, 0.2) is 54.6 Å². The second-order valence-electron chi connectivity index (χ2n) is 9.80. The third kappa shape index (κ3) is 5.75. The Kier molecular flexibility index (Phi) is 8.36. The highest BCUT2D eigenvalue weighted by atomic mass is 19.1. The van der Waals surface area contributed by atoms with E-state index in [1.807, 2.05) is 11.6 Å². The molecule has 0 spiro atoms. The van der Waals surface area contributed by atoms with E-state index in [1.165, 1.54) is 17.7 Å². The fraction of sp³-hybridized carbons (Fsp3) is 0.448. The van der Waals surface area contributed by atoms with Crippen LogP contribution in [0.5, 0.6) is 0 Å². The minimum atomic E-state index is -0.380. The van der Waals surface area contributed by atoms with E-state index >= 15 is 0 Å². The van der Waals surface area contributed by atoms with Crippen molar-refractivity contribution >= 4 is 11.7 Å². The van der Waals surface area contributed by atoms with Gasteiger partial charge in [-0.05, 0) is 69.7 Å². The van der Waals surface area contributed by atoms with Gasteiger partial charge in [-0.2, -0.15) is 5.10 Å². The third-order valence-corrected chi connectivity index (χ3v) is 7.10.